The number of rotatable bonds is 2. The molecule has 0 atom stereocenters. The fourth-order valence-corrected chi connectivity index (χ4v) is 2.26. The third-order valence-corrected chi connectivity index (χ3v) is 3.30. The van der Waals surface area contributed by atoms with Crippen molar-refractivity contribution in [2.75, 3.05) is 5.32 Å². The molecule has 5 heteroatoms. The summed E-state index contributed by atoms with van der Waals surface area (Å²) in [4.78, 5) is 26.5. The number of carboxylic acids is 1. The van der Waals surface area contributed by atoms with Gasteiger partial charge in [-0.1, -0.05) is 6.07 Å². The van der Waals surface area contributed by atoms with Gasteiger partial charge in [-0.2, -0.15) is 0 Å². The number of aromatic carboxylic acids is 1. The predicted octanol–water partition coefficient (Wildman–Crippen LogP) is 2.33. The number of benzene rings is 1. The molecular weight excluding hydrogens is 256 g/mol. The number of carbonyl (C=O) groups excluding carboxylic acids is 1. The maximum absolute atomic E-state index is 11.3. The molecule has 1 aliphatic heterocycles. The molecule has 20 heavy (non-hydrogen) atoms. The number of carbonyl (C=O) groups is 2. The van der Waals surface area contributed by atoms with E-state index in [9.17, 15) is 9.59 Å². The zero-order valence-electron chi connectivity index (χ0n) is 10.6. The van der Waals surface area contributed by atoms with Gasteiger partial charge < -0.3 is 10.4 Å². The molecule has 0 unspecified atom stereocenters. The lowest BCUT2D eigenvalue weighted by molar-refractivity contribution is -0.116. The maximum atomic E-state index is 11.3. The van der Waals surface area contributed by atoms with E-state index in [2.05, 4.69) is 10.3 Å². The number of aryl methyl sites for hydroxylation is 1. The fraction of sp³-hybridized carbons (Fsp3) is 0.133. The fourth-order valence-electron chi connectivity index (χ4n) is 2.26. The van der Waals surface area contributed by atoms with Crippen molar-refractivity contribution in [2.24, 2.45) is 0 Å². The predicted molar refractivity (Wildman–Crippen MR) is 73.6 cm³/mol. The molecule has 1 aromatic carbocycles. The topological polar surface area (TPSA) is 79.3 Å². The average Bonchev–Trinajstić information content (AvgIpc) is 2.47. The molecule has 2 aromatic rings. The molecule has 2 heterocycles. The molecule has 5 nitrogen and oxygen atoms in total. The van der Waals surface area contributed by atoms with E-state index in [4.69, 9.17) is 5.11 Å². The lowest BCUT2D eigenvalue weighted by atomic mass is 9.98. The Morgan fingerprint density at radius 3 is 2.85 bits per heavy atom. The maximum Gasteiger partial charge on any atom is 0.335 e. The standard InChI is InChI=1S/C15H12N2O3/c18-14-4-2-9-7-10(1-3-12(9)17-14)13-8-11(15(19)20)5-6-16-13/h1,3,5-8H,2,4H2,(H,17,18)(H,19,20). The van der Waals surface area contributed by atoms with Gasteiger partial charge in [0.15, 0.2) is 0 Å². The Balaban J connectivity index is 2.01. The van der Waals surface area contributed by atoms with Crippen molar-refractivity contribution < 1.29 is 14.7 Å². The number of anilines is 1. The highest BCUT2D eigenvalue weighted by Gasteiger charge is 2.15. The Labute approximate surface area is 115 Å². The number of hydrogen-bond donors (Lipinski definition) is 2. The quantitative estimate of drug-likeness (QED) is 0.876. The largest absolute Gasteiger partial charge is 0.478 e. The second-order valence-electron chi connectivity index (χ2n) is 4.66. The normalized spacial score (nSPS) is 13.5. The van der Waals surface area contributed by atoms with Crippen LogP contribution in [-0.4, -0.2) is 22.0 Å². The summed E-state index contributed by atoms with van der Waals surface area (Å²) >= 11 is 0. The lowest BCUT2D eigenvalue weighted by Gasteiger charge is -2.17. The molecule has 0 fully saturated rings. The monoisotopic (exact) mass is 268 g/mol. The van der Waals surface area contributed by atoms with Crippen LogP contribution in [0.5, 0.6) is 0 Å². The second kappa shape index (κ2) is 4.77. The van der Waals surface area contributed by atoms with Crippen LogP contribution in [0.1, 0.15) is 22.3 Å². The van der Waals surface area contributed by atoms with Crippen LogP contribution in [0, 0.1) is 0 Å². The number of pyridine rings is 1. The van der Waals surface area contributed by atoms with Gasteiger partial charge in [0.1, 0.15) is 0 Å². The van der Waals surface area contributed by atoms with E-state index in [0.29, 0.717) is 18.5 Å². The van der Waals surface area contributed by atoms with Crippen molar-refractivity contribution in [3.8, 4) is 11.3 Å². The SMILES string of the molecule is O=C1CCc2cc(-c3cc(C(=O)O)ccn3)ccc2N1. The highest BCUT2D eigenvalue weighted by Crippen LogP contribution is 2.28. The number of nitrogens with zero attached hydrogens (tertiary/aromatic N) is 1. The van der Waals surface area contributed by atoms with Crippen molar-refractivity contribution in [1.29, 1.82) is 0 Å². The highest BCUT2D eigenvalue weighted by atomic mass is 16.4. The second-order valence-corrected chi connectivity index (χ2v) is 4.66. The average molecular weight is 268 g/mol. The summed E-state index contributed by atoms with van der Waals surface area (Å²) in [6, 6.07) is 8.62. The van der Waals surface area contributed by atoms with E-state index in [1.165, 1.54) is 12.3 Å². The molecular formula is C15H12N2O3. The minimum atomic E-state index is -0.973. The van der Waals surface area contributed by atoms with Crippen molar-refractivity contribution in [1.82, 2.24) is 4.98 Å². The van der Waals surface area contributed by atoms with Gasteiger partial charge in [-0.05, 0) is 36.2 Å². The lowest BCUT2D eigenvalue weighted by Crippen LogP contribution is -2.18. The summed E-state index contributed by atoms with van der Waals surface area (Å²) < 4.78 is 0. The number of amides is 1. The van der Waals surface area contributed by atoms with Gasteiger partial charge in [-0.25, -0.2) is 4.79 Å². The molecule has 1 aromatic heterocycles. The van der Waals surface area contributed by atoms with Crippen molar-refractivity contribution >= 4 is 17.6 Å². The molecule has 2 N–H and O–H groups in total. The van der Waals surface area contributed by atoms with Gasteiger partial charge >= 0.3 is 5.97 Å². The molecule has 1 aliphatic rings. The molecule has 3 rings (SSSR count). The summed E-state index contributed by atoms with van der Waals surface area (Å²) in [5, 5.41) is 11.8. The number of aromatic nitrogens is 1. The summed E-state index contributed by atoms with van der Waals surface area (Å²) in [5.41, 5.74) is 3.54. The van der Waals surface area contributed by atoms with E-state index < -0.39 is 5.97 Å². The first-order chi connectivity index (χ1) is 9.63. The third kappa shape index (κ3) is 2.25. The van der Waals surface area contributed by atoms with E-state index >= 15 is 0 Å². The summed E-state index contributed by atoms with van der Waals surface area (Å²) in [7, 11) is 0. The molecule has 0 aliphatic carbocycles. The highest BCUT2D eigenvalue weighted by molar-refractivity contribution is 5.94. The van der Waals surface area contributed by atoms with Crippen LogP contribution in [0.2, 0.25) is 0 Å². The van der Waals surface area contributed by atoms with Gasteiger partial charge in [0.25, 0.3) is 0 Å². The van der Waals surface area contributed by atoms with Gasteiger partial charge in [-0.15, -0.1) is 0 Å². The van der Waals surface area contributed by atoms with Crippen LogP contribution in [0.15, 0.2) is 36.5 Å². The van der Waals surface area contributed by atoms with Crippen LogP contribution in [-0.2, 0) is 11.2 Å². The molecule has 0 bridgehead atoms. The van der Waals surface area contributed by atoms with Gasteiger partial charge in [0.05, 0.1) is 11.3 Å². The minimum absolute atomic E-state index is 0.0243. The van der Waals surface area contributed by atoms with E-state index in [1.54, 1.807) is 6.07 Å². The van der Waals surface area contributed by atoms with Gasteiger partial charge in [-0.3, -0.25) is 9.78 Å². The first-order valence-electron chi connectivity index (χ1n) is 6.26. The molecule has 0 saturated carbocycles. The van der Waals surface area contributed by atoms with Crippen molar-refractivity contribution in [3.05, 3.63) is 47.7 Å². The Morgan fingerprint density at radius 2 is 2.05 bits per heavy atom. The van der Waals surface area contributed by atoms with Gasteiger partial charge in [0.2, 0.25) is 5.91 Å². The smallest absolute Gasteiger partial charge is 0.335 e. The Bertz CT molecular complexity index is 710. The number of hydrogen-bond acceptors (Lipinski definition) is 3. The summed E-state index contributed by atoms with van der Waals surface area (Å²) in [6.45, 7) is 0. The minimum Gasteiger partial charge on any atom is -0.478 e. The van der Waals surface area contributed by atoms with Crippen LogP contribution in [0.4, 0.5) is 5.69 Å². The van der Waals surface area contributed by atoms with Crippen LogP contribution >= 0.6 is 0 Å². The van der Waals surface area contributed by atoms with Crippen LogP contribution in [0.25, 0.3) is 11.3 Å². The molecule has 0 saturated heterocycles. The molecule has 0 radical (unpaired) electrons. The zero-order valence-corrected chi connectivity index (χ0v) is 10.6. The van der Waals surface area contributed by atoms with E-state index in [0.717, 1.165) is 16.8 Å². The van der Waals surface area contributed by atoms with Crippen LogP contribution < -0.4 is 5.32 Å². The number of nitrogens with one attached hydrogen (secondary N) is 1. The Morgan fingerprint density at radius 1 is 1.20 bits per heavy atom. The molecule has 1 amide bonds. The first-order valence-corrected chi connectivity index (χ1v) is 6.26. The van der Waals surface area contributed by atoms with E-state index in [-0.39, 0.29) is 11.5 Å². The Hall–Kier alpha value is -2.69. The molecule has 0 spiro atoms. The Kier molecular flexibility index (Phi) is 2.95. The summed E-state index contributed by atoms with van der Waals surface area (Å²) in [5.74, 6) is -0.949. The molecule has 100 valence electrons. The zero-order chi connectivity index (χ0) is 14.1. The van der Waals surface area contributed by atoms with Gasteiger partial charge in [0, 0.05) is 23.9 Å². The van der Waals surface area contributed by atoms with Crippen molar-refractivity contribution in [3.63, 3.8) is 0 Å². The third-order valence-electron chi connectivity index (χ3n) is 3.30. The number of carboxylic acid groups (broad SMARTS) is 1. The first kappa shape index (κ1) is 12.3. The van der Waals surface area contributed by atoms with E-state index in [1.807, 2.05) is 18.2 Å². The van der Waals surface area contributed by atoms with Crippen LogP contribution in [0.3, 0.4) is 0 Å². The summed E-state index contributed by atoms with van der Waals surface area (Å²) in [6.07, 6.45) is 2.65. The van der Waals surface area contributed by atoms with Crippen molar-refractivity contribution in [2.45, 2.75) is 12.8 Å². The number of fused-ring (bicyclic) bond motifs is 1.